The average Bonchev–Trinajstić information content (AvgIpc) is 2.75. The standard InChI is InChI=1S/C24H26N2O3/c1-24(23(27)25-20-10-11-21(28-2)22(15-20)29-3)12-13-26(24)16-17-8-9-18-6-4-5-7-19(18)14-17/h4-11,14-15H,12-13,16H2,1-3H3,(H,25,27). The van der Waals surface area contributed by atoms with E-state index in [-0.39, 0.29) is 5.91 Å². The Hall–Kier alpha value is -3.05. The molecule has 0 saturated carbocycles. The number of rotatable bonds is 6. The predicted octanol–water partition coefficient (Wildman–Crippen LogP) is 4.46. The van der Waals surface area contributed by atoms with Crippen molar-refractivity contribution in [2.24, 2.45) is 0 Å². The van der Waals surface area contributed by atoms with Gasteiger partial charge in [-0.1, -0.05) is 36.4 Å². The first-order chi connectivity index (χ1) is 14.0. The molecule has 0 aromatic heterocycles. The lowest BCUT2D eigenvalue weighted by Crippen LogP contribution is -2.63. The van der Waals surface area contributed by atoms with Crippen molar-refractivity contribution in [2.75, 3.05) is 26.1 Å². The second kappa shape index (κ2) is 7.76. The number of amides is 1. The number of nitrogens with zero attached hydrogens (tertiary/aromatic N) is 1. The van der Waals surface area contributed by atoms with Crippen LogP contribution >= 0.6 is 0 Å². The van der Waals surface area contributed by atoms with Gasteiger partial charge in [0.25, 0.3) is 0 Å². The van der Waals surface area contributed by atoms with Gasteiger partial charge in [-0.05, 0) is 47.9 Å². The summed E-state index contributed by atoms with van der Waals surface area (Å²) in [5, 5.41) is 5.49. The molecular formula is C24H26N2O3. The Morgan fingerprint density at radius 2 is 1.76 bits per heavy atom. The first kappa shape index (κ1) is 19.3. The maximum absolute atomic E-state index is 13.1. The van der Waals surface area contributed by atoms with Crippen LogP contribution in [0.5, 0.6) is 11.5 Å². The molecule has 1 atom stereocenters. The lowest BCUT2D eigenvalue weighted by atomic mass is 9.85. The Balaban J connectivity index is 1.48. The van der Waals surface area contributed by atoms with Crippen molar-refractivity contribution in [3.8, 4) is 11.5 Å². The largest absolute Gasteiger partial charge is 0.493 e. The lowest BCUT2D eigenvalue weighted by Gasteiger charge is -2.49. The van der Waals surface area contributed by atoms with Crippen molar-refractivity contribution in [3.63, 3.8) is 0 Å². The summed E-state index contributed by atoms with van der Waals surface area (Å²) in [5.74, 6) is 1.23. The zero-order valence-corrected chi connectivity index (χ0v) is 17.1. The number of fused-ring (bicyclic) bond motifs is 1. The van der Waals surface area contributed by atoms with Crippen molar-refractivity contribution in [1.29, 1.82) is 0 Å². The van der Waals surface area contributed by atoms with Gasteiger partial charge in [-0.15, -0.1) is 0 Å². The van der Waals surface area contributed by atoms with Gasteiger partial charge in [0.1, 0.15) is 0 Å². The SMILES string of the molecule is COc1ccc(NC(=O)C2(C)CCN2Cc2ccc3ccccc3c2)cc1OC. The lowest BCUT2D eigenvalue weighted by molar-refractivity contribution is -0.136. The maximum Gasteiger partial charge on any atom is 0.244 e. The highest BCUT2D eigenvalue weighted by Crippen LogP contribution is 2.35. The van der Waals surface area contributed by atoms with Crippen LogP contribution in [0.25, 0.3) is 10.8 Å². The van der Waals surface area contributed by atoms with Gasteiger partial charge in [0.15, 0.2) is 11.5 Å². The quantitative estimate of drug-likeness (QED) is 0.675. The summed E-state index contributed by atoms with van der Waals surface area (Å²) in [7, 11) is 3.18. The molecule has 1 saturated heterocycles. The second-order valence-corrected chi connectivity index (χ2v) is 7.65. The molecule has 3 aromatic rings. The Kier molecular flexibility index (Phi) is 5.16. The zero-order chi connectivity index (χ0) is 20.4. The maximum atomic E-state index is 13.1. The molecule has 1 unspecified atom stereocenters. The molecule has 1 aliphatic heterocycles. The summed E-state index contributed by atoms with van der Waals surface area (Å²) in [5.41, 5.74) is 1.39. The van der Waals surface area contributed by atoms with E-state index in [2.05, 4.69) is 46.6 Å². The van der Waals surface area contributed by atoms with Crippen molar-refractivity contribution in [3.05, 3.63) is 66.2 Å². The highest BCUT2D eigenvalue weighted by molar-refractivity contribution is 5.98. The molecule has 0 aliphatic carbocycles. The smallest absolute Gasteiger partial charge is 0.244 e. The second-order valence-electron chi connectivity index (χ2n) is 7.65. The van der Waals surface area contributed by atoms with Crippen LogP contribution in [0.3, 0.4) is 0 Å². The number of likely N-dealkylation sites (tertiary alicyclic amines) is 1. The third-order valence-electron chi connectivity index (χ3n) is 5.88. The molecule has 0 bridgehead atoms. The molecule has 5 nitrogen and oxygen atoms in total. The van der Waals surface area contributed by atoms with E-state index in [1.165, 1.54) is 16.3 Å². The summed E-state index contributed by atoms with van der Waals surface area (Å²) < 4.78 is 10.6. The van der Waals surface area contributed by atoms with Gasteiger partial charge in [0.05, 0.1) is 19.8 Å². The van der Waals surface area contributed by atoms with E-state index >= 15 is 0 Å². The van der Waals surface area contributed by atoms with Gasteiger partial charge in [-0.3, -0.25) is 9.69 Å². The van der Waals surface area contributed by atoms with E-state index in [4.69, 9.17) is 9.47 Å². The normalized spacial score (nSPS) is 18.9. The van der Waals surface area contributed by atoms with Crippen LogP contribution in [-0.2, 0) is 11.3 Å². The summed E-state index contributed by atoms with van der Waals surface area (Å²) in [6.45, 7) is 3.66. The number of methoxy groups -OCH3 is 2. The summed E-state index contributed by atoms with van der Waals surface area (Å²) in [6.07, 6.45) is 0.833. The van der Waals surface area contributed by atoms with Crippen LogP contribution in [0.4, 0.5) is 5.69 Å². The third-order valence-corrected chi connectivity index (χ3v) is 5.88. The summed E-state index contributed by atoms with van der Waals surface area (Å²) in [4.78, 5) is 15.3. The highest BCUT2D eigenvalue weighted by Gasteiger charge is 2.46. The minimum absolute atomic E-state index is 0.00300. The summed E-state index contributed by atoms with van der Waals surface area (Å²) >= 11 is 0. The Labute approximate surface area is 171 Å². The van der Waals surface area contributed by atoms with Crippen LogP contribution in [-0.4, -0.2) is 37.1 Å². The third kappa shape index (κ3) is 3.66. The van der Waals surface area contributed by atoms with Gasteiger partial charge in [0, 0.05) is 24.8 Å². The fourth-order valence-corrected chi connectivity index (χ4v) is 3.85. The molecule has 3 aromatic carbocycles. The van der Waals surface area contributed by atoms with E-state index in [0.29, 0.717) is 17.2 Å². The molecule has 4 rings (SSSR count). The van der Waals surface area contributed by atoms with E-state index in [1.54, 1.807) is 26.4 Å². The molecule has 0 radical (unpaired) electrons. The van der Waals surface area contributed by atoms with Crippen LogP contribution in [0.1, 0.15) is 18.9 Å². The molecular weight excluding hydrogens is 364 g/mol. The van der Waals surface area contributed by atoms with Gasteiger partial charge in [-0.2, -0.15) is 0 Å². The number of ether oxygens (including phenoxy) is 2. The van der Waals surface area contributed by atoms with Crippen molar-refractivity contribution in [1.82, 2.24) is 4.90 Å². The highest BCUT2D eigenvalue weighted by atomic mass is 16.5. The number of nitrogens with one attached hydrogen (secondary N) is 1. The molecule has 0 spiro atoms. The number of carbonyl (C=O) groups excluding carboxylic acids is 1. The van der Waals surface area contributed by atoms with Crippen molar-refractivity contribution < 1.29 is 14.3 Å². The van der Waals surface area contributed by atoms with E-state index < -0.39 is 5.54 Å². The first-order valence-electron chi connectivity index (χ1n) is 9.80. The van der Waals surface area contributed by atoms with Gasteiger partial charge >= 0.3 is 0 Å². The fraction of sp³-hybridized carbons (Fsp3) is 0.292. The number of hydrogen-bond donors (Lipinski definition) is 1. The van der Waals surface area contributed by atoms with Crippen LogP contribution in [0, 0.1) is 0 Å². The molecule has 1 fully saturated rings. The van der Waals surface area contributed by atoms with E-state index in [1.807, 2.05) is 19.1 Å². The van der Waals surface area contributed by atoms with E-state index in [0.717, 1.165) is 19.5 Å². The Morgan fingerprint density at radius 3 is 2.45 bits per heavy atom. The van der Waals surface area contributed by atoms with Crippen LogP contribution in [0.15, 0.2) is 60.7 Å². The Morgan fingerprint density at radius 1 is 1.00 bits per heavy atom. The van der Waals surface area contributed by atoms with Gasteiger partial charge in [-0.25, -0.2) is 0 Å². The molecule has 29 heavy (non-hydrogen) atoms. The molecule has 1 amide bonds. The van der Waals surface area contributed by atoms with Crippen molar-refractivity contribution >= 4 is 22.4 Å². The molecule has 150 valence electrons. The topological polar surface area (TPSA) is 50.8 Å². The monoisotopic (exact) mass is 390 g/mol. The van der Waals surface area contributed by atoms with Gasteiger partial charge in [0.2, 0.25) is 5.91 Å². The van der Waals surface area contributed by atoms with Crippen molar-refractivity contribution in [2.45, 2.75) is 25.4 Å². The minimum Gasteiger partial charge on any atom is -0.493 e. The average molecular weight is 390 g/mol. The number of carbonyl (C=O) groups is 1. The minimum atomic E-state index is -0.529. The Bertz CT molecular complexity index is 1050. The number of anilines is 1. The summed E-state index contributed by atoms with van der Waals surface area (Å²) in [6, 6.07) is 20.2. The van der Waals surface area contributed by atoms with E-state index in [9.17, 15) is 4.79 Å². The molecule has 1 heterocycles. The molecule has 1 N–H and O–H groups in total. The van der Waals surface area contributed by atoms with Gasteiger partial charge < -0.3 is 14.8 Å². The fourth-order valence-electron chi connectivity index (χ4n) is 3.85. The number of benzene rings is 3. The zero-order valence-electron chi connectivity index (χ0n) is 17.1. The molecule has 5 heteroatoms. The number of hydrogen-bond acceptors (Lipinski definition) is 4. The predicted molar refractivity (Wildman–Crippen MR) is 116 cm³/mol. The first-order valence-corrected chi connectivity index (χ1v) is 9.80. The van der Waals surface area contributed by atoms with Crippen LogP contribution < -0.4 is 14.8 Å². The molecule has 1 aliphatic rings. The van der Waals surface area contributed by atoms with Crippen LogP contribution in [0.2, 0.25) is 0 Å².